The normalized spacial score (nSPS) is 16.5. The van der Waals surface area contributed by atoms with Gasteiger partial charge in [-0.3, -0.25) is 9.69 Å². The van der Waals surface area contributed by atoms with Crippen LogP contribution in [-0.2, 0) is 11.3 Å². The molecule has 172 valence electrons. The molecule has 1 aliphatic carbocycles. The highest BCUT2D eigenvalue weighted by atomic mass is 35.5. The van der Waals surface area contributed by atoms with E-state index in [0.29, 0.717) is 41.9 Å². The summed E-state index contributed by atoms with van der Waals surface area (Å²) in [5.41, 5.74) is 3.98. The van der Waals surface area contributed by atoms with Gasteiger partial charge in [-0.15, -0.1) is 11.3 Å². The van der Waals surface area contributed by atoms with Crippen molar-refractivity contribution in [2.24, 2.45) is 0 Å². The topological polar surface area (TPSA) is 63.7 Å². The van der Waals surface area contributed by atoms with Crippen molar-refractivity contribution in [2.75, 3.05) is 38.7 Å². The summed E-state index contributed by atoms with van der Waals surface area (Å²) in [6.07, 6.45) is 2.45. The van der Waals surface area contributed by atoms with E-state index in [0.717, 1.165) is 35.7 Å². The van der Waals surface area contributed by atoms with Gasteiger partial charge in [0.25, 0.3) is 5.91 Å². The van der Waals surface area contributed by atoms with E-state index in [-0.39, 0.29) is 5.91 Å². The number of thiazole rings is 1. The lowest BCUT2D eigenvalue weighted by atomic mass is 10.0. The van der Waals surface area contributed by atoms with Crippen LogP contribution in [0.15, 0.2) is 41.8 Å². The van der Waals surface area contributed by atoms with Gasteiger partial charge in [-0.05, 0) is 54.8 Å². The van der Waals surface area contributed by atoms with Gasteiger partial charge in [-0.2, -0.15) is 0 Å². The van der Waals surface area contributed by atoms with Crippen LogP contribution in [0.2, 0.25) is 5.02 Å². The molecule has 0 bridgehead atoms. The summed E-state index contributed by atoms with van der Waals surface area (Å²) >= 11 is 8.27. The fourth-order valence-electron chi connectivity index (χ4n) is 3.98. The fourth-order valence-corrected chi connectivity index (χ4v) is 5.25. The Kier molecular flexibility index (Phi) is 6.64. The minimum Gasteiger partial charge on any atom is -0.497 e. The molecule has 1 aromatic heterocycles. The Morgan fingerprint density at radius 2 is 2.06 bits per heavy atom. The molecule has 2 aromatic carbocycles. The molecule has 3 aromatic rings. The quantitative estimate of drug-likeness (QED) is 0.485. The molecule has 6 nitrogen and oxygen atoms in total. The number of nitrogens with zero attached hydrogens (tertiary/aromatic N) is 2. The fraction of sp³-hybridized carbons (Fsp3) is 0.360. The predicted octanol–water partition coefficient (Wildman–Crippen LogP) is 5.43. The zero-order valence-corrected chi connectivity index (χ0v) is 20.0. The van der Waals surface area contributed by atoms with Gasteiger partial charge in [-0.1, -0.05) is 11.6 Å². The van der Waals surface area contributed by atoms with Crippen LogP contribution in [0.3, 0.4) is 0 Å². The smallest absolute Gasteiger partial charge is 0.255 e. The van der Waals surface area contributed by atoms with Crippen molar-refractivity contribution < 1.29 is 14.3 Å². The molecule has 8 heteroatoms. The van der Waals surface area contributed by atoms with E-state index in [9.17, 15) is 4.79 Å². The Hall–Kier alpha value is -2.45. The highest BCUT2D eigenvalue weighted by Gasteiger charge is 2.27. The highest BCUT2D eigenvalue weighted by Crippen LogP contribution is 2.43. The van der Waals surface area contributed by atoms with Gasteiger partial charge < -0.3 is 14.8 Å². The van der Waals surface area contributed by atoms with Crippen molar-refractivity contribution in [3.63, 3.8) is 0 Å². The number of amides is 1. The maximum Gasteiger partial charge on any atom is 0.255 e. The molecular weight excluding hydrogens is 458 g/mol. The van der Waals surface area contributed by atoms with Crippen LogP contribution >= 0.6 is 22.9 Å². The number of methoxy groups -OCH3 is 1. The Bertz CT molecular complexity index is 1160. The highest BCUT2D eigenvalue weighted by molar-refractivity contribution is 7.10. The van der Waals surface area contributed by atoms with E-state index >= 15 is 0 Å². The van der Waals surface area contributed by atoms with Crippen molar-refractivity contribution in [1.29, 1.82) is 0 Å². The van der Waals surface area contributed by atoms with Gasteiger partial charge in [0.15, 0.2) is 0 Å². The van der Waals surface area contributed by atoms with Crippen LogP contribution in [0.25, 0.3) is 11.3 Å². The first-order valence-electron chi connectivity index (χ1n) is 11.1. The van der Waals surface area contributed by atoms with E-state index in [2.05, 4.69) is 15.6 Å². The number of rotatable bonds is 7. The lowest BCUT2D eigenvalue weighted by Gasteiger charge is -2.27. The SMILES string of the molecule is COc1ccc(C(=O)Nc2ccc(-c3csc(C4CC4)n3)c(Cl)c2)c(CN2CCOCC2)c1. The maximum atomic E-state index is 13.2. The molecule has 5 rings (SSSR count). The minimum absolute atomic E-state index is 0.172. The minimum atomic E-state index is -0.172. The number of morpholine rings is 1. The standard InChI is InChI=1S/C25H26ClN3O3S/c1-31-19-5-7-20(17(12-19)14-29-8-10-32-11-9-29)24(30)27-18-4-6-21(22(26)13-18)23-15-33-25(28-23)16-2-3-16/h4-7,12-13,15-16H,2-3,8-11,14H2,1H3,(H,27,30). The second-order valence-corrected chi connectivity index (χ2v) is 9.70. The van der Waals surface area contributed by atoms with Gasteiger partial charge >= 0.3 is 0 Å². The lowest BCUT2D eigenvalue weighted by Crippen LogP contribution is -2.36. The van der Waals surface area contributed by atoms with Crippen LogP contribution in [0.5, 0.6) is 5.75 Å². The van der Waals surface area contributed by atoms with Crippen molar-refractivity contribution in [3.8, 4) is 17.0 Å². The van der Waals surface area contributed by atoms with Crippen molar-refractivity contribution >= 4 is 34.5 Å². The first-order chi connectivity index (χ1) is 16.1. The number of nitrogens with one attached hydrogen (secondary N) is 1. The van der Waals surface area contributed by atoms with Crippen LogP contribution in [0.4, 0.5) is 5.69 Å². The molecule has 0 unspecified atom stereocenters. The molecule has 2 aliphatic rings. The number of ether oxygens (including phenoxy) is 2. The number of aromatic nitrogens is 1. The number of hydrogen-bond donors (Lipinski definition) is 1. The Morgan fingerprint density at radius 3 is 2.79 bits per heavy atom. The van der Waals surface area contributed by atoms with Crippen LogP contribution in [-0.4, -0.2) is 49.2 Å². The molecule has 1 aliphatic heterocycles. The van der Waals surface area contributed by atoms with E-state index in [1.54, 1.807) is 24.5 Å². The molecular formula is C25H26ClN3O3S. The van der Waals surface area contributed by atoms with E-state index < -0.39 is 0 Å². The third kappa shape index (κ3) is 5.22. The van der Waals surface area contributed by atoms with E-state index in [4.69, 9.17) is 26.1 Å². The Morgan fingerprint density at radius 1 is 1.24 bits per heavy atom. The summed E-state index contributed by atoms with van der Waals surface area (Å²) in [5, 5.41) is 6.82. The van der Waals surface area contributed by atoms with E-state index in [1.165, 1.54) is 17.8 Å². The zero-order valence-electron chi connectivity index (χ0n) is 18.5. The lowest BCUT2D eigenvalue weighted by molar-refractivity contribution is 0.0341. The van der Waals surface area contributed by atoms with Gasteiger partial charge in [0, 0.05) is 47.7 Å². The Labute approximate surface area is 202 Å². The molecule has 0 radical (unpaired) electrons. The van der Waals surface area contributed by atoms with Crippen molar-refractivity contribution in [2.45, 2.75) is 25.3 Å². The second kappa shape index (κ2) is 9.81. The molecule has 33 heavy (non-hydrogen) atoms. The molecule has 1 saturated carbocycles. The summed E-state index contributed by atoms with van der Waals surface area (Å²) < 4.78 is 10.8. The summed E-state index contributed by atoms with van der Waals surface area (Å²) in [6, 6.07) is 11.1. The zero-order chi connectivity index (χ0) is 22.8. The second-order valence-electron chi connectivity index (χ2n) is 8.41. The largest absolute Gasteiger partial charge is 0.497 e. The number of carbonyl (C=O) groups is 1. The van der Waals surface area contributed by atoms with Gasteiger partial charge in [0.05, 0.1) is 36.0 Å². The maximum absolute atomic E-state index is 13.2. The molecule has 0 spiro atoms. The van der Waals surface area contributed by atoms with Gasteiger partial charge in [-0.25, -0.2) is 4.98 Å². The summed E-state index contributed by atoms with van der Waals surface area (Å²) in [7, 11) is 1.63. The van der Waals surface area contributed by atoms with E-state index in [1.807, 2.05) is 30.3 Å². The van der Waals surface area contributed by atoms with Crippen LogP contribution < -0.4 is 10.1 Å². The number of benzene rings is 2. The van der Waals surface area contributed by atoms with Gasteiger partial charge in [0.2, 0.25) is 0 Å². The average Bonchev–Trinajstić information content (AvgIpc) is 3.57. The predicted molar refractivity (Wildman–Crippen MR) is 132 cm³/mol. The monoisotopic (exact) mass is 483 g/mol. The first kappa shape index (κ1) is 22.3. The molecule has 2 heterocycles. The molecule has 1 saturated heterocycles. The summed E-state index contributed by atoms with van der Waals surface area (Å²) in [4.78, 5) is 20.2. The van der Waals surface area contributed by atoms with Gasteiger partial charge in [0.1, 0.15) is 5.75 Å². The number of halogens is 1. The summed E-state index contributed by atoms with van der Waals surface area (Å²) in [5.74, 6) is 1.18. The average molecular weight is 484 g/mol. The number of hydrogen-bond acceptors (Lipinski definition) is 6. The van der Waals surface area contributed by atoms with Crippen LogP contribution in [0, 0.1) is 0 Å². The first-order valence-corrected chi connectivity index (χ1v) is 12.4. The molecule has 1 N–H and O–H groups in total. The third-order valence-corrected chi connectivity index (χ3v) is 7.33. The molecule has 0 atom stereocenters. The number of anilines is 1. The molecule has 1 amide bonds. The number of carbonyl (C=O) groups excluding carboxylic acids is 1. The summed E-state index contributed by atoms with van der Waals surface area (Å²) in [6.45, 7) is 3.76. The molecule has 2 fully saturated rings. The Balaban J connectivity index is 1.33. The third-order valence-electron chi connectivity index (χ3n) is 6.01. The van der Waals surface area contributed by atoms with Crippen molar-refractivity contribution in [3.05, 3.63) is 62.9 Å². The van der Waals surface area contributed by atoms with Crippen molar-refractivity contribution in [1.82, 2.24) is 9.88 Å². The van der Waals surface area contributed by atoms with Crippen LogP contribution in [0.1, 0.15) is 39.7 Å².